The van der Waals surface area contributed by atoms with Crippen LogP contribution in [0.4, 0.5) is 4.39 Å². The van der Waals surface area contributed by atoms with Crippen molar-refractivity contribution in [1.82, 2.24) is 9.55 Å². The summed E-state index contributed by atoms with van der Waals surface area (Å²) in [6.45, 7) is 1.35. The number of nitrogens with one attached hydrogen (secondary N) is 1. The average molecular weight is 340 g/mol. The van der Waals surface area contributed by atoms with Crippen LogP contribution in [0, 0.1) is 0 Å². The topological polar surface area (TPSA) is 111 Å². The summed E-state index contributed by atoms with van der Waals surface area (Å²) in [6, 6.07) is 1.03. The lowest BCUT2D eigenvalue weighted by Crippen LogP contribution is -2.37. The van der Waals surface area contributed by atoms with Gasteiger partial charge in [0.15, 0.2) is 12.4 Å². The minimum atomic E-state index is -2.77. The van der Waals surface area contributed by atoms with Crippen molar-refractivity contribution in [2.45, 2.75) is 37.6 Å². The van der Waals surface area contributed by atoms with E-state index in [4.69, 9.17) is 9.26 Å². The zero-order valence-electron chi connectivity index (χ0n) is 10.8. The molecule has 1 fully saturated rings. The highest BCUT2D eigenvalue weighted by atomic mass is 32.7. The van der Waals surface area contributed by atoms with Gasteiger partial charge in [-0.1, -0.05) is 12.2 Å². The lowest BCUT2D eigenvalue weighted by atomic mass is 10.1. The summed E-state index contributed by atoms with van der Waals surface area (Å²) in [5.41, 5.74) is -1.50. The summed E-state index contributed by atoms with van der Waals surface area (Å²) in [5.74, 6) is 0. The highest BCUT2D eigenvalue weighted by molar-refractivity contribution is 8.39. The summed E-state index contributed by atoms with van der Waals surface area (Å²) in [7, 11) is -2.77. The van der Waals surface area contributed by atoms with Crippen LogP contribution in [0.1, 0.15) is 13.2 Å². The standard InChI is InChI=1S/C10H14FN2O6PS/c1-4(14)7-8(19-20(17)21)6(11)9(18-7)13-3-2-5(15)12-10(13)16/h2-4,6-9,14,20H,1H3,(H,17,21)(H,12,15,16)/t4-,6-,7+,8?,9+/m0/s1. The molecule has 118 valence electrons. The van der Waals surface area contributed by atoms with Crippen molar-refractivity contribution in [2.24, 2.45) is 0 Å². The Morgan fingerprint density at radius 2 is 2.29 bits per heavy atom. The van der Waals surface area contributed by atoms with Crippen molar-refractivity contribution >= 4 is 19.5 Å². The fourth-order valence-electron chi connectivity index (χ4n) is 2.14. The number of H-pyrrole nitrogens is 1. The van der Waals surface area contributed by atoms with Crippen LogP contribution in [0.15, 0.2) is 21.9 Å². The van der Waals surface area contributed by atoms with E-state index in [0.29, 0.717) is 0 Å². The van der Waals surface area contributed by atoms with E-state index in [-0.39, 0.29) is 0 Å². The van der Waals surface area contributed by atoms with Crippen molar-refractivity contribution in [1.29, 1.82) is 0 Å². The maximum Gasteiger partial charge on any atom is 0.330 e. The molecular weight excluding hydrogens is 326 g/mol. The van der Waals surface area contributed by atoms with Crippen LogP contribution in [-0.4, -0.2) is 39.1 Å². The smallest absolute Gasteiger partial charge is 0.330 e. The van der Waals surface area contributed by atoms with Gasteiger partial charge in [0.1, 0.15) is 12.2 Å². The van der Waals surface area contributed by atoms with Gasteiger partial charge >= 0.3 is 5.69 Å². The Balaban J connectivity index is 2.35. The van der Waals surface area contributed by atoms with E-state index >= 15 is 0 Å². The van der Waals surface area contributed by atoms with Gasteiger partial charge in [-0.3, -0.25) is 18.9 Å². The summed E-state index contributed by atoms with van der Waals surface area (Å²) < 4.78 is 36.5. The Hall–Kier alpha value is -0.930. The molecule has 21 heavy (non-hydrogen) atoms. The van der Waals surface area contributed by atoms with Crippen LogP contribution < -0.4 is 11.2 Å². The molecule has 6 atom stereocenters. The van der Waals surface area contributed by atoms with Gasteiger partial charge in [0, 0.05) is 12.3 Å². The molecule has 0 saturated carbocycles. The van der Waals surface area contributed by atoms with E-state index in [2.05, 4.69) is 12.2 Å². The van der Waals surface area contributed by atoms with Crippen LogP contribution in [0.5, 0.6) is 0 Å². The van der Waals surface area contributed by atoms with Crippen molar-refractivity contribution in [3.8, 4) is 0 Å². The monoisotopic (exact) mass is 340 g/mol. The van der Waals surface area contributed by atoms with Crippen LogP contribution >= 0.6 is 19.5 Å². The number of thiol groups is 1. The average Bonchev–Trinajstić information content (AvgIpc) is 2.67. The second-order valence-electron chi connectivity index (χ2n) is 4.54. The van der Waals surface area contributed by atoms with Crippen molar-refractivity contribution < 1.29 is 23.3 Å². The molecule has 2 heterocycles. The minimum Gasteiger partial charge on any atom is -0.391 e. The molecular formula is C10H14FN2O6PS. The second kappa shape index (κ2) is 6.45. The molecule has 8 nitrogen and oxygen atoms in total. The highest BCUT2D eigenvalue weighted by Crippen LogP contribution is 2.40. The van der Waals surface area contributed by atoms with Gasteiger partial charge in [-0.2, -0.15) is 0 Å². The molecule has 1 aromatic heterocycles. The van der Waals surface area contributed by atoms with Gasteiger partial charge in [-0.25, -0.2) is 9.18 Å². The molecule has 1 aromatic rings. The first-order valence-electron chi connectivity index (χ1n) is 6.00. The predicted octanol–water partition coefficient (Wildman–Crippen LogP) is -0.142. The van der Waals surface area contributed by atoms with Crippen molar-refractivity contribution in [2.75, 3.05) is 0 Å². The summed E-state index contributed by atoms with van der Waals surface area (Å²) >= 11 is 3.58. The third kappa shape index (κ3) is 3.46. The zero-order chi connectivity index (χ0) is 15.7. The minimum absolute atomic E-state index is 0.634. The van der Waals surface area contributed by atoms with Crippen LogP contribution in [0.2, 0.25) is 0 Å². The van der Waals surface area contributed by atoms with Gasteiger partial charge < -0.3 is 14.4 Å². The summed E-state index contributed by atoms with van der Waals surface area (Å²) in [5, 5.41) is 9.60. The Bertz CT molecular complexity index is 649. The normalized spacial score (nSPS) is 32.0. The first-order valence-corrected chi connectivity index (χ1v) is 8.60. The molecule has 11 heteroatoms. The Morgan fingerprint density at radius 3 is 2.81 bits per heavy atom. The van der Waals surface area contributed by atoms with E-state index in [1.165, 1.54) is 6.92 Å². The number of rotatable bonds is 4. The van der Waals surface area contributed by atoms with E-state index in [1.807, 2.05) is 4.98 Å². The molecule has 2 unspecified atom stereocenters. The molecule has 0 amide bonds. The summed E-state index contributed by atoms with van der Waals surface area (Å²) in [6.07, 6.45) is -5.78. The first kappa shape index (κ1) is 16.4. The van der Waals surface area contributed by atoms with Gasteiger partial charge in [0.25, 0.3) is 5.56 Å². The maximum absolute atomic E-state index is 14.4. The number of hydrogen-bond donors (Lipinski definition) is 3. The zero-order valence-corrected chi connectivity index (χ0v) is 12.7. The van der Waals surface area contributed by atoms with Crippen LogP contribution in [-0.2, 0) is 13.8 Å². The van der Waals surface area contributed by atoms with E-state index in [0.717, 1.165) is 16.8 Å². The SMILES string of the molecule is C[C@H](O)[C@H]1O[C@@H](n2ccc(=O)[nH]c2=O)[C@@H](F)C1O[PH](=O)S. The van der Waals surface area contributed by atoms with E-state index in [9.17, 15) is 23.7 Å². The van der Waals surface area contributed by atoms with E-state index < -0.39 is 49.2 Å². The lowest BCUT2D eigenvalue weighted by molar-refractivity contribution is -0.0747. The number of ether oxygens (including phenoxy) is 1. The predicted molar refractivity (Wildman–Crippen MR) is 74.7 cm³/mol. The largest absolute Gasteiger partial charge is 0.391 e. The maximum atomic E-state index is 14.4. The molecule has 0 radical (unpaired) electrons. The first-order chi connectivity index (χ1) is 9.81. The quantitative estimate of drug-likeness (QED) is 0.520. The molecule has 2 rings (SSSR count). The number of nitrogens with zero attached hydrogens (tertiary/aromatic N) is 1. The third-order valence-electron chi connectivity index (χ3n) is 3.04. The fraction of sp³-hybridized carbons (Fsp3) is 0.600. The third-order valence-corrected chi connectivity index (χ3v) is 3.83. The molecule has 1 saturated heterocycles. The van der Waals surface area contributed by atoms with Gasteiger partial charge in [-0.15, -0.1) is 0 Å². The van der Waals surface area contributed by atoms with Gasteiger partial charge in [0.2, 0.25) is 7.23 Å². The van der Waals surface area contributed by atoms with Crippen molar-refractivity contribution in [3.63, 3.8) is 0 Å². The lowest BCUT2D eigenvalue weighted by Gasteiger charge is -2.20. The Labute approximate surface area is 123 Å². The number of aliphatic hydroxyl groups is 1. The number of alkyl halides is 1. The highest BCUT2D eigenvalue weighted by Gasteiger charge is 2.49. The second-order valence-corrected chi connectivity index (χ2v) is 6.41. The molecule has 0 spiro atoms. The number of aromatic nitrogens is 2. The molecule has 0 bridgehead atoms. The molecule has 1 aliphatic heterocycles. The molecule has 0 aromatic carbocycles. The molecule has 2 N–H and O–H groups in total. The Morgan fingerprint density at radius 1 is 1.62 bits per heavy atom. The summed E-state index contributed by atoms with van der Waals surface area (Å²) in [4.78, 5) is 24.6. The number of hydrogen-bond acceptors (Lipinski definition) is 6. The Kier molecular flexibility index (Phi) is 5.05. The number of aromatic amines is 1. The van der Waals surface area contributed by atoms with E-state index in [1.54, 1.807) is 0 Å². The molecule has 0 aliphatic carbocycles. The van der Waals surface area contributed by atoms with Crippen LogP contribution in [0.3, 0.4) is 0 Å². The molecule has 1 aliphatic rings. The van der Waals surface area contributed by atoms with Crippen LogP contribution in [0.25, 0.3) is 0 Å². The fourth-order valence-corrected chi connectivity index (χ4v) is 3.00. The number of halogens is 1. The van der Waals surface area contributed by atoms with Gasteiger partial charge in [0.05, 0.1) is 6.10 Å². The number of aliphatic hydroxyl groups excluding tert-OH is 1. The van der Waals surface area contributed by atoms with Crippen molar-refractivity contribution in [3.05, 3.63) is 33.1 Å². The van der Waals surface area contributed by atoms with Gasteiger partial charge in [-0.05, 0) is 6.92 Å².